The molecule has 1 aromatic carbocycles. The summed E-state index contributed by atoms with van der Waals surface area (Å²) in [6.45, 7) is 6.43. The molecule has 0 spiro atoms. The quantitative estimate of drug-likeness (QED) is 0.921. The maximum absolute atomic E-state index is 13.8. The van der Waals surface area contributed by atoms with Crippen LogP contribution >= 0.6 is 0 Å². The van der Waals surface area contributed by atoms with Crippen LogP contribution in [0.5, 0.6) is 5.75 Å². The molecule has 0 saturated carbocycles. The maximum Gasteiger partial charge on any atom is 0.165 e. The average Bonchev–Trinajstić information content (AvgIpc) is 2.47. The van der Waals surface area contributed by atoms with E-state index in [1.165, 1.54) is 32.4 Å². The van der Waals surface area contributed by atoms with Crippen LogP contribution in [0.3, 0.4) is 0 Å². The van der Waals surface area contributed by atoms with Gasteiger partial charge in [0.05, 0.1) is 7.11 Å². The van der Waals surface area contributed by atoms with Gasteiger partial charge in [-0.25, -0.2) is 4.39 Å². The summed E-state index contributed by atoms with van der Waals surface area (Å²) in [6.07, 6.45) is 3.72. The molecule has 0 bridgehead atoms. The van der Waals surface area contributed by atoms with Gasteiger partial charge in [-0.1, -0.05) is 12.5 Å². The van der Waals surface area contributed by atoms with E-state index >= 15 is 0 Å². The van der Waals surface area contributed by atoms with Crippen molar-refractivity contribution in [3.63, 3.8) is 0 Å². The SMILES string of the molecule is COc1ccc(C(N)C(C)(C)N2CCCCC2)cc1F. The van der Waals surface area contributed by atoms with Gasteiger partial charge in [0.1, 0.15) is 0 Å². The number of benzene rings is 1. The number of ether oxygens (including phenoxy) is 1. The van der Waals surface area contributed by atoms with Gasteiger partial charge in [-0.2, -0.15) is 0 Å². The Balaban J connectivity index is 2.20. The van der Waals surface area contributed by atoms with E-state index in [1.807, 2.05) is 6.07 Å². The summed E-state index contributed by atoms with van der Waals surface area (Å²) in [5, 5.41) is 0. The Hall–Kier alpha value is -1.13. The van der Waals surface area contributed by atoms with Gasteiger partial charge >= 0.3 is 0 Å². The second-order valence-electron chi connectivity index (χ2n) is 6.07. The summed E-state index contributed by atoms with van der Waals surface area (Å²) in [5.74, 6) is -0.0911. The zero-order valence-electron chi connectivity index (χ0n) is 12.7. The van der Waals surface area contributed by atoms with Crippen molar-refractivity contribution >= 4 is 0 Å². The standard InChI is InChI=1S/C16H25FN2O/c1-16(2,19-9-5-4-6-10-19)15(18)12-7-8-14(20-3)13(17)11-12/h7-8,11,15H,4-6,9-10,18H2,1-3H3. The first kappa shape index (κ1) is 15.3. The molecule has 0 amide bonds. The van der Waals surface area contributed by atoms with Crippen LogP contribution in [0.2, 0.25) is 0 Å². The monoisotopic (exact) mass is 280 g/mol. The molecule has 2 N–H and O–H groups in total. The van der Waals surface area contributed by atoms with E-state index in [4.69, 9.17) is 10.5 Å². The lowest BCUT2D eigenvalue weighted by atomic mass is 9.86. The molecule has 1 aromatic rings. The number of rotatable bonds is 4. The van der Waals surface area contributed by atoms with Gasteiger partial charge in [0.25, 0.3) is 0 Å². The lowest BCUT2D eigenvalue weighted by Gasteiger charge is -2.44. The number of likely N-dealkylation sites (tertiary alicyclic amines) is 1. The smallest absolute Gasteiger partial charge is 0.165 e. The Kier molecular flexibility index (Phi) is 4.66. The first-order valence-electron chi connectivity index (χ1n) is 7.31. The topological polar surface area (TPSA) is 38.5 Å². The van der Waals surface area contributed by atoms with E-state index in [-0.39, 0.29) is 23.1 Å². The molecule has 3 nitrogen and oxygen atoms in total. The number of nitrogens with zero attached hydrogens (tertiary/aromatic N) is 1. The van der Waals surface area contributed by atoms with Crippen molar-refractivity contribution in [1.29, 1.82) is 0 Å². The fourth-order valence-electron chi connectivity index (χ4n) is 2.95. The third-order valence-electron chi connectivity index (χ3n) is 4.47. The number of piperidine rings is 1. The minimum Gasteiger partial charge on any atom is -0.494 e. The molecule has 2 rings (SSSR count). The van der Waals surface area contributed by atoms with Crippen molar-refractivity contribution in [3.8, 4) is 5.75 Å². The van der Waals surface area contributed by atoms with Crippen molar-refractivity contribution in [2.75, 3.05) is 20.2 Å². The second-order valence-corrected chi connectivity index (χ2v) is 6.07. The highest BCUT2D eigenvalue weighted by atomic mass is 19.1. The molecular formula is C16H25FN2O. The fraction of sp³-hybridized carbons (Fsp3) is 0.625. The van der Waals surface area contributed by atoms with E-state index in [2.05, 4.69) is 18.7 Å². The molecule has 1 fully saturated rings. The van der Waals surface area contributed by atoms with Gasteiger partial charge in [0.15, 0.2) is 11.6 Å². The Bertz CT molecular complexity index is 456. The Labute approximate surface area is 120 Å². The minimum atomic E-state index is -0.352. The molecule has 1 aliphatic rings. The normalized spacial score (nSPS) is 18.9. The molecule has 0 aliphatic carbocycles. The van der Waals surface area contributed by atoms with Crippen LogP contribution in [0.25, 0.3) is 0 Å². The molecule has 20 heavy (non-hydrogen) atoms. The van der Waals surface area contributed by atoms with Crippen molar-refractivity contribution in [2.45, 2.75) is 44.7 Å². The van der Waals surface area contributed by atoms with E-state index in [9.17, 15) is 4.39 Å². The van der Waals surface area contributed by atoms with Crippen LogP contribution in [0.4, 0.5) is 4.39 Å². The molecule has 1 atom stereocenters. The summed E-state index contributed by atoms with van der Waals surface area (Å²) in [6, 6.07) is 4.78. The Morgan fingerprint density at radius 3 is 2.45 bits per heavy atom. The molecule has 112 valence electrons. The lowest BCUT2D eigenvalue weighted by Crippen LogP contribution is -2.53. The third kappa shape index (κ3) is 2.96. The van der Waals surface area contributed by atoms with Crippen LogP contribution in [-0.2, 0) is 0 Å². The van der Waals surface area contributed by atoms with Gasteiger partial charge in [-0.15, -0.1) is 0 Å². The van der Waals surface area contributed by atoms with E-state index in [0.29, 0.717) is 0 Å². The van der Waals surface area contributed by atoms with Gasteiger partial charge in [0, 0.05) is 11.6 Å². The van der Waals surface area contributed by atoms with Crippen LogP contribution in [0.15, 0.2) is 18.2 Å². The largest absolute Gasteiger partial charge is 0.494 e. The average molecular weight is 280 g/mol. The number of hydrogen-bond acceptors (Lipinski definition) is 3. The highest BCUT2D eigenvalue weighted by Gasteiger charge is 2.34. The molecule has 1 saturated heterocycles. The number of methoxy groups -OCH3 is 1. The highest BCUT2D eigenvalue weighted by Crippen LogP contribution is 2.32. The van der Waals surface area contributed by atoms with Gasteiger partial charge in [0.2, 0.25) is 0 Å². The van der Waals surface area contributed by atoms with Crippen molar-refractivity contribution < 1.29 is 9.13 Å². The van der Waals surface area contributed by atoms with Crippen molar-refractivity contribution in [2.24, 2.45) is 5.73 Å². The second kappa shape index (κ2) is 6.10. The van der Waals surface area contributed by atoms with E-state index in [1.54, 1.807) is 6.07 Å². The van der Waals surface area contributed by atoms with Gasteiger partial charge in [-0.3, -0.25) is 4.90 Å². The zero-order chi connectivity index (χ0) is 14.8. The summed E-state index contributed by atoms with van der Waals surface area (Å²) >= 11 is 0. The predicted molar refractivity (Wildman–Crippen MR) is 79.4 cm³/mol. The molecule has 0 radical (unpaired) electrons. The Morgan fingerprint density at radius 1 is 1.25 bits per heavy atom. The molecule has 1 aliphatic heterocycles. The fourth-order valence-corrected chi connectivity index (χ4v) is 2.95. The first-order valence-corrected chi connectivity index (χ1v) is 7.31. The van der Waals surface area contributed by atoms with Crippen LogP contribution in [-0.4, -0.2) is 30.6 Å². The number of halogens is 1. The third-order valence-corrected chi connectivity index (χ3v) is 4.47. The summed E-state index contributed by atoms with van der Waals surface area (Å²) in [7, 11) is 1.47. The molecule has 1 heterocycles. The summed E-state index contributed by atoms with van der Waals surface area (Å²) in [4.78, 5) is 2.42. The van der Waals surface area contributed by atoms with Crippen LogP contribution in [0.1, 0.15) is 44.7 Å². The molecular weight excluding hydrogens is 255 g/mol. The van der Waals surface area contributed by atoms with Crippen LogP contribution in [0, 0.1) is 5.82 Å². The van der Waals surface area contributed by atoms with Gasteiger partial charge in [-0.05, 0) is 57.5 Å². The molecule has 1 unspecified atom stereocenters. The van der Waals surface area contributed by atoms with Crippen molar-refractivity contribution in [1.82, 2.24) is 4.90 Å². The summed E-state index contributed by atoms with van der Waals surface area (Å²) in [5.41, 5.74) is 7.05. The predicted octanol–water partition coefficient (Wildman–Crippen LogP) is 3.10. The maximum atomic E-state index is 13.8. The first-order chi connectivity index (χ1) is 9.46. The van der Waals surface area contributed by atoms with Crippen LogP contribution < -0.4 is 10.5 Å². The molecule has 0 aromatic heterocycles. The summed E-state index contributed by atoms with van der Waals surface area (Å²) < 4.78 is 18.8. The highest BCUT2D eigenvalue weighted by molar-refractivity contribution is 5.32. The zero-order valence-corrected chi connectivity index (χ0v) is 12.7. The number of nitrogens with two attached hydrogens (primary N) is 1. The lowest BCUT2D eigenvalue weighted by molar-refractivity contribution is 0.0729. The van der Waals surface area contributed by atoms with Crippen molar-refractivity contribution in [3.05, 3.63) is 29.6 Å². The van der Waals surface area contributed by atoms with E-state index < -0.39 is 0 Å². The Morgan fingerprint density at radius 2 is 1.90 bits per heavy atom. The molecule has 4 heteroatoms. The van der Waals surface area contributed by atoms with Gasteiger partial charge < -0.3 is 10.5 Å². The minimum absolute atomic E-state index is 0.179. The van der Waals surface area contributed by atoms with E-state index in [0.717, 1.165) is 18.7 Å². The number of hydrogen-bond donors (Lipinski definition) is 1.